The number of allylic oxidation sites excluding steroid dienone is 1. The minimum Gasteiger partial charge on any atom is -0.505 e. The van der Waals surface area contributed by atoms with Crippen molar-refractivity contribution in [3.05, 3.63) is 167 Å². The van der Waals surface area contributed by atoms with E-state index in [1.165, 1.54) is 16.3 Å². The Kier molecular flexibility index (Phi) is 6.35. The van der Waals surface area contributed by atoms with E-state index in [-0.39, 0.29) is 11.7 Å². The molecule has 4 nitrogen and oxygen atoms in total. The van der Waals surface area contributed by atoms with Crippen LogP contribution in [0.2, 0.25) is 0 Å². The van der Waals surface area contributed by atoms with Crippen LogP contribution in [0.3, 0.4) is 0 Å². The summed E-state index contributed by atoms with van der Waals surface area (Å²) < 4.78 is 4.55. The smallest absolute Gasteiger partial charge is 0.148 e. The number of para-hydroxylation sites is 3. The summed E-state index contributed by atoms with van der Waals surface area (Å²) in [6.45, 7) is 2.08. The van der Waals surface area contributed by atoms with Crippen molar-refractivity contribution in [3.63, 3.8) is 0 Å². The molecular formula is C44H31N3O. The van der Waals surface area contributed by atoms with Crippen molar-refractivity contribution < 1.29 is 5.11 Å². The molecule has 4 heteroatoms. The summed E-state index contributed by atoms with van der Waals surface area (Å²) in [6.07, 6.45) is 5.20. The monoisotopic (exact) mass is 617 g/mol. The highest BCUT2D eigenvalue weighted by Gasteiger charge is 2.28. The molecule has 0 spiro atoms. The molecule has 1 aliphatic rings. The highest BCUT2D eigenvalue weighted by Crippen LogP contribution is 2.46. The van der Waals surface area contributed by atoms with Gasteiger partial charge in [0.2, 0.25) is 0 Å². The van der Waals surface area contributed by atoms with Crippen LogP contribution >= 0.6 is 0 Å². The molecule has 0 saturated heterocycles. The first-order valence-corrected chi connectivity index (χ1v) is 16.3. The number of rotatable bonds is 4. The average molecular weight is 618 g/mol. The maximum absolute atomic E-state index is 12.1. The van der Waals surface area contributed by atoms with E-state index in [9.17, 15) is 10.4 Å². The van der Waals surface area contributed by atoms with Crippen LogP contribution < -0.4 is 0 Å². The van der Waals surface area contributed by atoms with Crippen molar-refractivity contribution in [3.8, 4) is 34.3 Å². The predicted octanol–water partition coefficient (Wildman–Crippen LogP) is 10.6. The van der Waals surface area contributed by atoms with E-state index in [0.29, 0.717) is 5.56 Å². The number of aromatic hydroxyl groups is 1. The van der Waals surface area contributed by atoms with Crippen LogP contribution in [0, 0.1) is 18.3 Å². The van der Waals surface area contributed by atoms with Crippen LogP contribution in [0.15, 0.2) is 140 Å². The lowest BCUT2D eigenvalue weighted by Gasteiger charge is -2.23. The lowest BCUT2D eigenvalue weighted by atomic mass is 9.85. The lowest BCUT2D eigenvalue weighted by Crippen LogP contribution is -2.11. The van der Waals surface area contributed by atoms with Crippen LogP contribution in [0.1, 0.15) is 33.9 Å². The van der Waals surface area contributed by atoms with E-state index < -0.39 is 0 Å². The molecule has 2 heterocycles. The number of hydrogen-bond donors (Lipinski definition) is 1. The molecule has 0 amide bonds. The van der Waals surface area contributed by atoms with Gasteiger partial charge in [0.25, 0.3) is 0 Å². The summed E-state index contributed by atoms with van der Waals surface area (Å²) in [5, 5.41) is 25.5. The zero-order chi connectivity index (χ0) is 32.4. The molecule has 0 saturated carbocycles. The van der Waals surface area contributed by atoms with Crippen molar-refractivity contribution in [2.75, 3.05) is 0 Å². The molecule has 0 fully saturated rings. The number of hydrogen-bond acceptors (Lipinski definition) is 2. The SMILES string of the molecule is Cc1ccccc1-c1ccc2c3c(n(-c4ccccc4)c2c1O)C=CC(c1cc(C#N)ccc1-n1c2ccccc2c2ccccc21)C3. The molecule has 0 bridgehead atoms. The number of nitrogens with zero attached hydrogens (tertiary/aromatic N) is 3. The van der Waals surface area contributed by atoms with Gasteiger partial charge in [0.1, 0.15) is 5.75 Å². The third-order valence-corrected chi connectivity index (χ3v) is 9.99. The molecule has 48 heavy (non-hydrogen) atoms. The highest BCUT2D eigenvalue weighted by molar-refractivity contribution is 6.09. The molecule has 228 valence electrons. The van der Waals surface area contributed by atoms with E-state index in [4.69, 9.17) is 0 Å². The van der Waals surface area contributed by atoms with Gasteiger partial charge in [0, 0.05) is 39.0 Å². The number of benzene rings is 6. The van der Waals surface area contributed by atoms with Gasteiger partial charge in [-0.2, -0.15) is 5.26 Å². The summed E-state index contributed by atoms with van der Waals surface area (Å²) in [5.74, 6) is 0.288. The van der Waals surface area contributed by atoms with Gasteiger partial charge in [0.15, 0.2) is 0 Å². The molecule has 0 radical (unpaired) electrons. The number of aryl methyl sites for hydroxylation is 1. The standard InChI is InChI=1S/C44H31N3O/c1-28-11-5-6-14-32(28)36-22-21-35-38-26-30(20-24-42(38)46(43(35)44(36)48)31-12-3-2-4-13-31)37-25-29(27-45)19-23-41(37)47-39-17-9-7-15-33(39)34-16-8-10-18-40(34)47/h2-25,30,48H,26H2,1H3. The maximum atomic E-state index is 12.1. The Bertz CT molecular complexity index is 2580. The zero-order valence-electron chi connectivity index (χ0n) is 26.4. The fourth-order valence-corrected chi connectivity index (χ4v) is 7.79. The highest BCUT2D eigenvalue weighted by atomic mass is 16.3. The average Bonchev–Trinajstić information content (AvgIpc) is 3.65. The molecule has 6 aromatic carbocycles. The Morgan fingerprint density at radius 3 is 2.10 bits per heavy atom. The van der Waals surface area contributed by atoms with E-state index in [1.54, 1.807) is 0 Å². The third-order valence-electron chi connectivity index (χ3n) is 9.99. The van der Waals surface area contributed by atoms with Gasteiger partial charge in [-0.15, -0.1) is 0 Å². The number of phenolic OH excluding ortho intramolecular Hbond substituents is 1. The minimum absolute atomic E-state index is 0.00809. The third kappa shape index (κ3) is 4.15. The number of nitriles is 1. The molecule has 0 aliphatic heterocycles. The van der Waals surface area contributed by atoms with Crippen LogP contribution in [0.4, 0.5) is 0 Å². The van der Waals surface area contributed by atoms with Gasteiger partial charge in [-0.25, -0.2) is 0 Å². The molecule has 1 atom stereocenters. The minimum atomic E-state index is 0.00809. The van der Waals surface area contributed by atoms with Crippen LogP contribution in [0.25, 0.3) is 61.3 Å². The first kappa shape index (κ1) is 28.0. The van der Waals surface area contributed by atoms with Crippen molar-refractivity contribution in [2.45, 2.75) is 19.3 Å². The number of fused-ring (bicyclic) bond motifs is 6. The van der Waals surface area contributed by atoms with Crippen molar-refractivity contribution in [1.82, 2.24) is 9.13 Å². The number of phenols is 1. The lowest BCUT2D eigenvalue weighted by molar-refractivity contribution is 0.481. The Hall–Kier alpha value is -6.31. The summed E-state index contributed by atoms with van der Waals surface area (Å²) >= 11 is 0. The van der Waals surface area contributed by atoms with E-state index in [2.05, 4.69) is 131 Å². The fourth-order valence-electron chi connectivity index (χ4n) is 7.79. The number of aromatic nitrogens is 2. The Morgan fingerprint density at radius 1 is 0.688 bits per heavy atom. The molecule has 1 aliphatic carbocycles. The first-order chi connectivity index (χ1) is 23.6. The van der Waals surface area contributed by atoms with Crippen molar-refractivity contribution in [2.24, 2.45) is 0 Å². The van der Waals surface area contributed by atoms with Gasteiger partial charge in [-0.3, -0.25) is 0 Å². The molecule has 1 N–H and O–H groups in total. The summed E-state index contributed by atoms with van der Waals surface area (Å²) in [7, 11) is 0. The van der Waals surface area contributed by atoms with Crippen molar-refractivity contribution >= 4 is 38.8 Å². The topological polar surface area (TPSA) is 53.9 Å². The van der Waals surface area contributed by atoms with E-state index in [1.807, 2.05) is 36.4 Å². The Labute approximate surface area is 278 Å². The van der Waals surface area contributed by atoms with Crippen LogP contribution in [-0.4, -0.2) is 14.2 Å². The van der Waals surface area contributed by atoms with Gasteiger partial charge < -0.3 is 14.2 Å². The van der Waals surface area contributed by atoms with Crippen LogP contribution in [-0.2, 0) is 6.42 Å². The van der Waals surface area contributed by atoms with Crippen LogP contribution in [0.5, 0.6) is 5.75 Å². The molecule has 1 unspecified atom stereocenters. The Morgan fingerprint density at radius 2 is 1.38 bits per heavy atom. The normalized spacial score (nSPS) is 14.0. The first-order valence-electron chi connectivity index (χ1n) is 16.3. The van der Waals surface area contributed by atoms with Gasteiger partial charge in [-0.1, -0.05) is 91.0 Å². The second-order valence-electron chi connectivity index (χ2n) is 12.6. The summed E-state index contributed by atoms with van der Waals surface area (Å²) in [4.78, 5) is 0. The maximum Gasteiger partial charge on any atom is 0.148 e. The molecule has 9 rings (SSSR count). The largest absolute Gasteiger partial charge is 0.505 e. The van der Waals surface area contributed by atoms with Crippen molar-refractivity contribution in [1.29, 1.82) is 5.26 Å². The molecule has 2 aromatic heterocycles. The van der Waals surface area contributed by atoms with Gasteiger partial charge in [0.05, 0.1) is 33.9 Å². The second kappa shape index (κ2) is 10.9. The Balaban J connectivity index is 1.27. The van der Waals surface area contributed by atoms with Gasteiger partial charge >= 0.3 is 0 Å². The fraction of sp³-hybridized carbons (Fsp3) is 0.0682. The summed E-state index contributed by atoms with van der Waals surface area (Å²) in [5.41, 5.74) is 12.1. The van der Waals surface area contributed by atoms with E-state index in [0.717, 1.165) is 67.7 Å². The second-order valence-corrected chi connectivity index (χ2v) is 12.6. The summed E-state index contributed by atoms with van der Waals surface area (Å²) in [6, 6.07) is 48.2. The molecular weight excluding hydrogens is 587 g/mol. The predicted molar refractivity (Wildman–Crippen MR) is 196 cm³/mol. The quantitative estimate of drug-likeness (QED) is 0.214. The molecule has 8 aromatic rings. The van der Waals surface area contributed by atoms with Gasteiger partial charge in [-0.05, 0) is 90.2 Å². The zero-order valence-corrected chi connectivity index (χ0v) is 26.4. The van der Waals surface area contributed by atoms with E-state index >= 15 is 0 Å².